The summed E-state index contributed by atoms with van der Waals surface area (Å²) in [6.45, 7) is 5.23. The van der Waals surface area contributed by atoms with E-state index < -0.39 is 0 Å². The van der Waals surface area contributed by atoms with Gasteiger partial charge >= 0.3 is 0 Å². The third-order valence-electron chi connectivity index (χ3n) is 3.87. The Kier molecular flexibility index (Phi) is 5.15. The minimum atomic E-state index is 0.218. The van der Waals surface area contributed by atoms with Crippen LogP contribution >= 0.6 is 0 Å². The zero-order valence-electron chi connectivity index (χ0n) is 12.9. The molecule has 0 fully saturated rings. The molecule has 1 aromatic carbocycles. The number of rotatable bonds is 7. The van der Waals surface area contributed by atoms with Gasteiger partial charge < -0.3 is 10.1 Å². The minimum absolute atomic E-state index is 0.218. The van der Waals surface area contributed by atoms with Crippen LogP contribution in [0.25, 0.3) is 10.9 Å². The second-order valence-electron chi connectivity index (χ2n) is 5.14. The number of para-hydroxylation sites is 1. The Morgan fingerprint density at radius 2 is 2.05 bits per heavy atom. The summed E-state index contributed by atoms with van der Waals surface area (Å²) in [7, 11) is 3.79. The summed E-state index contributed by atoms with van der Waals surface area (Å²) in [5.74, 6) is 0. The molecule has 0 aliphatic rings. The molecule has 0 saturated carbocycles. The highest BCUT2D eigenvalue weighted by Crippen LogP contribution is 2.20. The maximum atomic E-state index is 5.61. The van der Waals surface area contributed by atoms with Crippen molar-refractivity contribution in [2.75, 3.05) is 13.7 Å². The van der Waals surface area contributed by atoms with Crippen LogP contribution in [-0.4, -0.2) is 35.6 Å². The molecular formula is C16H25N3O. The van der Waals surface area contributed by atoms with Gasteiger partial charge in [-0.3, -0.25) is 4.68 Å². The van der Waals surface area contributed by atoms with Gasteiger partial charge in [-0.25, -0.2) is 0 Å². The second kappa shape index (κ2) is 6.86. The van der Waals surface area contributed by atoms with Crippen LogP contribution < -0.4 is 5.32 Å². The van der Waals surface area contributed by atoms with Crippen molar-refractivity contribution >= 4 is 10.9 Å². The van der Waals surface area contributed by atoms with Crippen molar-refractivity contribution in [3.63, 3.8) is 0 Å². The van der Waals surface area contributed by atoms with E-state index in [1.54, 1.807) is 7.11 Å². The summed E-state index contributed by atoms with van der Waals surface area (Å²) in [5, 5.41) is 9.46. The lowest BCUT2D eigenvalue weighted by Crippen LogP contribution is -2.42. The van der Waals surface area contributed by atoms with Crippen LogP contribution in [0, 0.1) is 0 Å². The summed E-state index contributed by atoms with van der Waals surface area (Å²) in [6, 6.07) is 8.69. The lowest BCUT2D eigenvalue weighted by molar-refractivity contribution is 0.0656. The van der Waals surface area contributed by atoms with Gasteiger partial charge in [0.1, 0.15) is 0 Å². The van der Waals surface area contributed by atoms with Crippen molar-refractivity contribution in [1.82, 2.24) is 15.1 Å². The summed E-state index contributed by atoms with van der Waals surface area (Å²) < 4.78 is 7.57. The quantitative estimate of drug-likeness (QED) is 0.844. The molecule has 110 valence electrons. The van der Waals surface area contributed by atoms with Crippen molar-refractivity contribution in [1.29, 1.82) is 0 Å². The lowest BCUT2D eigenvalue weighted by Gasteiger charge is -2.25. The molecule has 2 rings (SSSR count). The Bertz CT molecular complexity index is 546. The van der Waals surface area contributed by atoms with Crippen molar-refractivity contribution in [3.8, 4) is 0 Å². The van der Waals surface area contributed by atoms with Crippen molar-refractivity contribution < 1.29 is 4.74 Å². The van der Waals surface area contributed by atoms with Crippen LogP contribution in [-0.2, 0) is 18.2 Å². The molecule has 1 heterocycles. The van der Waals surface area contributed by atoms with Gasteiger partial charge in [-0.05, 0) is 19.0 Å². The topological polar surface area (TPSA) is 39.1 Å². The van der Waals surface area contributed by atoms with Crippen LogP contribution in [0.4, 0.5) is 0 Å². The molecule has 1 N–H and O–H groups in total. The highest BCUT2D eigenvalue weighted by Gasteiger charge is 2.21. The molecule has 0 radical (unpaired) electrons. The van der Waals surface area contributed by atoms with Crippen LogP contribution in [0.3, 0.4) is 0 Å². The fourth-order valence-electron chi connectivity index (χ4n) is 2.86. The molecule has 2 aromatic rings. The molecule has 0 spiro atoms. The van der Waals surface area contributed by atoms with Gasteiger partial charge in [0, 0.05) is 32.0 Å². The predicted octanol–water partition coefficient (Wildman–Crippen LogP) is 2.52. The van der Waals surface area contributed by atoms with Crippen LogP contribution in [0.2, 0.25) is 0 Å². The monoisotopic (exact) mass is 275 g/mol. The molecule has 0 bridgehead atoms. The largest absolute Gasteiger partial charge is 0.380 e. The van der Waals surface area contributed by atoms with E-state index >= 15 is 0 Å². The van der Waals surface area contributed by atoms with Crippen molar-refractivity contribution in [2.24, 2.45) is 7.05 Å². The van der Waals surface area contributed by atoms with Crippen LogP contribution in [0.5, 0.6) is 0 Å². The van der Waals surface area contributed by atoms with E-state index in [4.69, 9.17) is 4.74 Å². The highest BCUT2D eigenvalue weighted by molar-refractivity contribution is 5.81. The zero-order valence-corrected chi connectivity index (χ0v) is 12.9. The predicted molar refractivity (Wildman–Crippen MR) is 83.0 cm³/mol. The first-order chi connectivity index (χ1) is 9.71. The number of hydrogen-bond acceptors (Lipinski definition) is 3. The number of aromatic nitrogens is 2. The number of nitrogens with one attached hydrogen (secondary N) is 1. The van der Waals surface area contributed by atoms with Crippen molar-refractivity contribution in [3.05, 3.63) is 30.0 Å². The fraction of sp³-hybridized carbons (Fsp3) is 0.562. The minimum Gasteiger partial charge on any atom is -0.380 e. The first-order valence-corrected chi connectivity index (χ1v) is 7.38. The third-order valence-corrected chi connectivity index (χ3v) is 3.87. The van der Waals surface area contributed by atoms with E-state index in [-0.39, 0.29) is 6.10 Å². The van der Waals surface area contributed by atoms with Gasteiger partial charge in [-0.2, -0.15) is 5.10 Å². The third kappa shape index (κ3) is 3.02. The average Bonchev–Trinajstić information content (AvgIpc) is 2.78. The molecule has 4 nitrogen and oxygen atoms in total. The highest BCUT2D eigenvalue weighted by atomic mass is 16.5. The summed E-state index contributed by atoms with van der Waals surface area (Å²) in [5.41, 5.74) is 2.33. The van der Waals surface area contributed by atoms with Crippen LogP contribution in [0.15, 0.2) is 24.3 Å². The van der Waals surface area contributed by atoms with E-state index in [9.17, 15) is 0 Å². The Balaban J connectivity index is 2.28. The van der Waals surface area contributed by atoms with E-state index in [1.165, 1.54) is 10.9 Å². The number of likely N-dealkylation sites (N-methyl/N-ethyl adjacent to an activating group) is 1. The molecule has 0 saturated heterocycles. The van der Waals surface area contributed by atoms with Gasteiger partial charge in [-0.15, -0.1) is 0 Å². The molecule has 0 amide bonds. The molecule has 0 aliphatic carbocycles. The second-order valence-corrected chi connectivity index (χ2v) is 5.14. The van der Waals surface area contributed by atoms with E-state index in [0.29, 0.717) is 6.04 Å². The normalized spacial score (nSPS) is 14.6. The molecule has 2 atom stereocenters. The van der Waals surface area contributed by atoms with Crippen LogP contribution in [0.1, 0.15) is 26.0 Å². The Hall–Kier alpha value is -1.39. The molecule has 4 heteroatoms. The molecule has 0 aliphatic heterocycles. The van der Waals surface area contributed by atoms with E-state index in [0.717, 1.165) is 25.1 Å². The molecule has 20 heavy (non-hydrogen) atoms. The van der Waals surface area contributed by atoms with Gasteiger partial charge in [-0.1, -0.05) is 32.0 Å². The number of methoxy groups -OCH3 is 1. The average molecular weight is 275 g/mol. The van der Waals surface area contributed by atoms with Gasteiger partial charge in [0.05, 0.1) is 17.3 Å². The first kappa shape index (κ1) is 15.0. The number of benzene rings is 1. The summed E-state index contributed by atoms with van der Waals surface area (Å²) in [6.07, 6.45) is 2.11. The smallest absolute Gasteiger partial charge is 0.0725 e. The lowest BCUT2D eigenvalue weighted by atomic mass is 10.0. The summed E-state index contributed by atoms with van der Waals surface area (Å²) in [4.78, 5) is 0. The standard InChI is InChI=1S/C16H25N3O/c1-5-16(20-4)14(17-6-2)11-13-12-9-7-8-10-15(12)19(3)18-13/h7-10,14,16-17H,5-6,11H2,1-4H3. The number of ether oxygens (including phenoxy) is 1. The first-order valence-electron chi connectivity index (χ1n) is 7.38. The number of aryl methyl sites for hydroxylation is 1. The number of hydrogen-bond donors (Lipinski definition) is 1. The maximum Gasteiger partial charge on any atom is 0.0725 e. The van der Waals surface area contributed by atoms with Gasteiger partial charge in [0.2, 0.25) is 0 Å². The Morgan fingerprint density at radius 3 is 2.70 bits per heavy atom. The van der Waals surface area contributed by atoms with E-state index in [1.807, 2.05) is 11.7 Å². The summed E-state index contributed by atoms with van der Waals surface area (Å²) >= 11 is 0. The zero-order chi connectivity index (χ0) is 14.5. The molecule has 2 unspecified atom stereocenters. The number of fused-ring (bicyclic) bond motifs is 1. The SMILES string of the molecule is CCNC(Cc1nn(C)c2ccccc12)C(CC)OC. The maximum absolute atomic E-state index is 5.61. The Morgan fingerprint density at radius 1 is 1.30 bits per heavy atom. The van der Waals surface area contributed by atoms with Gasteiger partial charge in [0.15, 0.2) is 0 Å². The Labute approximate surface area is 121 Å². The van der Waals surface area contributed by atoms with Crippen molar-refractivity contribution in [2.45, 2.75) is 38.8 Å². The molecular weight excluding hydrogens is 250 g/mol. The molecule has 1 aromatic heterocycles. The van der Waals surface area contributed by atoms with E-state index in [2.05, 4.69) is 48.5 Å². The number of nitrogens with zero attached hydrogens (tertiary/aromatic N) is 2. The fourth-order valence-corrected chi connectivity index (χ4v) is 2.86. The van der Waals surface area contributed by atoms with Gasteiger partial charge in [0.25, 0.3) is 0 Å².